The van der Waals surface area contributed by atoms with Crippen LogP contribution < -0.4 is 5.32 Å². The molecule has 7 heteroatoms. The number of aromatic amines is 1. The number of hydrogen-bond donors (Lipinski definition) is 2. The molecule has 1 unspecified atom stereocenters. The summed E-state index contributed by atoms with van der Waals surface area (Å²) in [5.41, 5.74) is 0. The van der Waals surface area contributed by atoms with Crippen molar-refractivity contribution in [2.45, 2.75) is 32.7 Å². The maximum atomic E-state index is 11.4. The van der Waals surface area contributed by atoms with Crippen LogP contribution in [0, 0.1) is 0 Å². The van der Waals surface area contributed by atoms with E-state index in [2.05, 4.69) is 20.5 Å². The van der Waals surface area contributed by atoms with E-state index in [-0.39, 0.29) is 17.5 Å². The highest BCUT2D eigenvalue weighted by atomic mass is 32.2. The summed E-state index contributed by atoms with van der Waals surface area (Å²) >= 11 is 0. The summed E-state index contributed by atoms with van der Waals surface area (Å²) in [6.07, 6.45) is 2.83. The fourth-order valence-corrected chi connectivity index (χ4v) is 2.51. The number of nitrogens with one attached hydrogen (secondary N) is 2. The Labute approximate surface area is 102 Å². The van der Waals surface area contributed by atoms with Gasteiger partial charge in [-0.2, -0.15) is 5.10 Å². The van der Waals surface area contributed by atoms with Crippen LogP contribution in [-0.2, 0) is 9.84 Å². The summed E-state index contributed by atoms with van der Waals surface area (Å²) < 4.78 is 22.7. The quantitative estimate of drug-likeness (QED) is 0.717. The van der Waals surface area contributed by atoms with Gasteiger partial charge in [0, 0.05) is 5.75 Å². The van der Waals surface area contributed by atoms with Crippen molar-refractivity contribution >= 4 is 9.84 Å². The first-order valence-corrected chi connectivity index (χ1v) is 7.70. The topological polar surface area (TPSA) is 87.7 Å². The van der Waals surface area contributed by atoms with Crippen LogP contribution in [-0.4, -0.2) is 41.6 Å². The highest BCUT2D eigenvalue weighted by Gasteiger charge is 2.15. The van der Waals surface area contributed by atoms with Gasteiger partial charge in [0.1, 0.15) is 22.0 Å². The highest BCUT2D eigenvalue weighted by molar-refractivity contribution is 7.91. The number of aromatic nitrogens is 3. The van der Waals surface area contributed by atoms with Crippen molar-refractivity contribution in [1.29, 1.82) is 0 Å². The number of H-pyrrole nitrogens is 1. The molecule has 1 atom stereocenters. The Kier molecular flexibility index (Phi) is 5.57. The zero-order valence-corrected chi connectivity index (χ0v) is 11.1. The van der Waals surface area contributed by atoms with E-state index in [1.165, 1.54) is 6.33 Å². The van der Waals surface area contributed by atoms with Crippen LogP contribution in [0.4, 0.5) is 0 Å². The van der Waals surface area contributed by atoms with Crippen molar-refractivity contribution in [3.63, 3.8) is 0 Å². The second-order valence-electron chi connectivity index (χ2n) is 3.86. The Bertz CT molecular complexity index is 402. The maximum Gasteiger partial charge on any atom is 0.150 e. The smallest absolute Gasteiger partial charge is 0.150 e. The molecule has 0 fully saturated rings. The molecule has 0 spiro atoms. The molecule has 0 radical (unpaired) electrons. The summed E-state index contributed by atoms with van der Waals surface area (Å²) in [7, 11) is -2.87. The molecule has 0 aliphatic rings. The standard InChI is InChI=1S/C10H20N4O2S/c1-3-11-9(10-12-8-13-14-10)6-5-7-17(15,16)4-2/h8-9,11H,3-7H2,1-2H3,(H,12,13,14). The van der Waals surface area contributed by atoms with Crippen LogP contribution in [0.2, 0.25) is 0 Å². The van der Waals surface area contributed by atoms with Crippen molar-refractivity contribution in [2.24, 2.45) is 0 Å². The van der Waals surface area contributed by atoms with E-state index in [1.807, 2.05) is 6.92 Å². The average Bonchev–Trinajstić information content (AvgIpc) is 2.81. The van der Waals surface area contributed by atoms with Crippen LogP contribution in [0.3, 0.4) is 0 Å². The zero-order valence-electron chi connectivity index (χ0n) is 10.3. The van der Waals surface area contributed by atoms with Gasteiger partial charge in [0.15, 0.2) is 0 Å². The molecule has 98 valence electrons. The number of sulfone groups is 1. The van der Waals surface area contributed by atoms with Gasteiger partial charge in [-0.05, 0) is 19.4 Å². The van der Waals surface area contributed by atoms with Crippen molar-refractivity contribution in [3.05, 3.63) is 12.2 Å². The summed E-state index contributed by atoms with van der Waals surface area (Å²) in [6.45, 7) is 4.49. The van der Waals surface area contributed by atoms with Crippen LogP contribution in [0.25, 0.3) is 0 Å². The summed E-state index contributed by atoms with van der Waals surface area (Å²) in [5.74, 6) is 1.21. The third-order valence-corrected chi connectivity index (χ3v) is 4.39. The van der Waals surface area contributed by atoms with Gasteiger partial charge in [-0.1, -0.05) is 13.8 Å². The van der Waals surface area contributed by atoms with E-state index in [4.69, 9.17) is 0 Å². The third kappa shape index (κ3) is 4.82. The van der Waals surface area contributed by atoms with Crippen LogP contribution in [0.1, 0.15) is 38.6 Å². The van der Waals surface area contributed by atoms with E-state index < -0.39 is 9.84 Å². The summed E-state index contributed by atoms with van der Waals surface area (Å²) in [5, 5.41) is 9.88. The van der Waals surface area contributed by atoms with Crippen LogP contribution in [0.5, 0.6) is 0 Å². The van der Waals surface area contributed by atoms with E-state index >= 15 is 0 Å². The van der Waals surface area contributed by atoms with Gasteiger partial charge >= 0.3 is 0 Å². The van der Waals surface area contributed by atoms with Crippen LogP contribution in [0.15, 0.2) is 6.33 Å². The first-order valence-electron chi connectivity index (χ1n) is 5.88. The lowest BCUT2D eigenvalue weighted by atomic mass is 10.1. The minimum absolute atomic E-state index is 0.0505. The van der Waals surface area contributed by atoms with E-state index in [1.54, 1.807) is 6.92 Å². The molecule has 0 bridgehead atoms. The summed E-state index contributed by atoms with van der Waals surface area (Å²) in [4.78, 5) is 4.09. The first kappa shape index (κ1) is 14.1. The predicted octanol–water partition coefficient (Wildman–Crippen LogP) is 0.670. The number of nitrogens with zero attached hydrogens (tertiary/aromatic N) is 2. The van der Waals surface area contributed by atoms with Crippen molar-refractivity contribution in [3.8, 4) is 0 Å². The molecule has 17 heavy (non-hydrogen) atoms. The SMILES string of the molecule is CCNC(CCCS(=O)(=O)CC)c1ncn[nH]1. The molecule has 1 heterocycles. The molecule has 1 aromatic heterocycles. The fraction of sp³-hybridized carbons (Fsp3) is 0.800. The number of rotatable bonds is 8. The molecule has 0 aromatic carbocycles. The summed E-state index contributed by atoms with van der Waals surface area (Å²) in [6, 6.07) is 0.0505. The minimum atomic E-state index is -2.87. The van der Waals surface area contributed by atoms with E-state index in [0.29, 0.717) is 6.42 Å². The predicted molar refractivity (Wildman–Crippen MR) is 66.4 cm³/mol. The second kappa shape index (κ2) is 6.70. The second-order valence-corrected chi connectivity index (χ2v) is 6.33. The van der Waals surface area contributed by atoms with Gasteiger partial charge in [0.25, 0.3) is 0 Å². The van der Waals surface area contributed by atoms with Gasteiger partial charge in [-0.25, -0.2) is 13.4 Å². The third-order valence-electron chi connectivity index (χ3n) is 2.60. The first-order chi connectivity index (χ1) is 8.09. The van der Waals surface area contributed by atoms with Crippen LogP contribution >= 0.6 is 0 Å². The Morgan fingerprint density at radius 1 is 1.47 bits per heavy atom. The molecule has 0 amide bonds. The largest absolute Gasteiger partial charge is 0.308 e. The molecule has 1 rings (SSSR count). The lowest BCUT2D eigenvalue weighted by Crippen LogP contribution is -2.23. The lowest BCUT2D eigenvalue weighted by Gasteiger charge is -2.14. The monoisotopic (exact) mass is 260 g/mol. The molecule has 1 aromatic rings. The fourth-order valence-electron chi connectivity index (χ4n) is 1.62. The zero-order chi connectivity index (χ0) is 12.7. The molecule has 2 N–H and O–H groups in total. The molecule has 0 saturated heterocycles. The maximum absolute atomic E-state index is 11.4. The van der Waals surface area contributed by atoms with Crippen molar-refractivity contribution in [2.75, 3.05) is 18.1 Å². The van der Waals surface area contributed by atoms with Gasteiger partial charge in [-0.3, -0.25) is 5.10 Å². The lowest BCUT2D eigenvalue weighted by molar-refractivity contribution is 0.485. The Morgan fingerprint density at radius 3 is 2.76 bits per heavy atom. The van der Waals surface area contributed by atoms with Gasteiger partial charge in [-0.15, -0.1) is 0 Å². The van der Waals surface area contributed by atoms with E-state index in [9.17, 15) is 8.42 Å². The Morgan fingerprint density at radius 2 is 2.24 bits per heavy atom. The molecule has 0 aliphatic heterocycles. The molecule has 0 aliphatic carbocycles. The normalized spacial score (nSPS) is 13.8. The highest BCUT2D eigenvalue weighted by Crippen LogP contribution is 2.14. The molecule has 0 saturated carbocycles. The Balaban J connectivity index is 2.46. The average molecular weight is 260 g/mol. The van der Waals surface area contributed by atoms with E-state index in [0.717, 1.165) is 18.8 Å². The molecule has 6 nitrogen and oxygen atoms in total. The van der Waals surface area contributed by atoms with Gasteiger partial charge in [0.05, 0.1) is 11.8 Å². The van der Waals surface area contributed by atoms with Crippen molar-refractivity contribution < 1.29 is 8.42 Å². The van der Waals surface area contributed by atoms with Crippen molar-refractivity contribution in [1.82, 2.24) is 20.5 Å². The molecular formula is C10H20N4O2S. The van der Waals surface area contributed by atoms with Gasteiger partial charge < -0.3 is 5.32 Å². The molecular weight excluding hydrogens is 240 g/mol. The Hall–Kier alpha value is -0.950. The number of hydrogen-bond acceptors (Lipinski definition) is 5. The van der Waals surface area contributed by atoms with Gasteiger partial charge in [0.2, 0.25) is 0 Å². The minimum Gasteiger partial charge on any atom is -0.308 e.